The van der Waals surface area contributed by atoms with Gasteiger partial charge in [-0.1, -0.05) is 18.2 Å². The molecule has 1 aromatic heterocycles. The molecule has 2 aromatic rings. The lowest BCUT2D eigenvalue weighted by atomic mass is 10.2. The number of rotatable bonds is 7. The lowest BCUT2D eigenvalue weighted by Gasteiger charge is -2.15. The Morgan fingerprint density at radius 2 is 1.81 bits per heavy atom. The lowest BCUT2D eigenvalue weighted by molar-refractivity contribution is -0.120. The minimum Gasteiger partial charge on any atom is -0.444 e. The first-order valence-electron chi connectivity index (χ1n) is 7.52. The second-order valence-corrected chi connectivity index (χ2v) is 8.36. The van der Waals surface area contributed by atoms with Crippen LogP contribution in [0.25, 0.3) is 0 Å². The molecule has 0 spiro atoms. The van der Waals surface area contributed by atoms with Crippen LogP contribution in [0.1, 0.15) is 16.1 Å². The van der Waals surface area contributed by atoms with Crippen LogP contribution in [0, 0.1) is 0 Å². The van der Waals surface area contributed by atoms with Crippen molar-refractivity contribution < 1.29 is 22.4 Å². The maximum Gasteiger partial charge on any atom is 0.287 e. The Labute approximate surface area is 159 Å². The van der Waals surface area contributed by atoms with Crippen molar-refractivity contribution in [2.45, 2.75) is 11.4 Å². The molecule has 0 aliphatic rings. The molecular formula is C16H18BrN3O5S. The molecular weight excluding hydrogens is 426 g/mol. The number of nitrogens with zero attached hydrogens (tertiary/aromatic N) is 1. The molecule has 0 atom stereocenters. The normalized spacial score (nSPS) is 11.4. The van der Waals surface area contributed by atoms with Gasteiger partial charge in [0, 0.05) is 20.6 Å². The maximum absolute atomic E-state index is 12.3. The van der Waals surface area contributed by atoms with Crippen molar-refractivity contribution in [2.75, 3.05) is 20.6 Å². The van der Waals surface area contributed by atoms with E-state index >= 15 is 0 Å². The summed E-state index contributed by atoms with van der Waals surface area (Å²) >= 11 is 3.09. The van der Waals surface area contributed by atoms with Gasteiger partial charge in [0.05, 0.1) is 11.4 Å². The van der Waals surface area contributed by atoms with Gasteiger partial charge < -0.3 is 15.1 Å². The zero-order valence-electron chi connectivity index (χ0n) is 14.2. The van der Waals surface area contributed by atoms with Gasteiger partial charge in [-0.15, -0.1) is 0 Å². The molecule has 0 aliphatic carbocycles. The van der Waals surface area contributed by atoms with Gasteiger partial charge in [-0.2, -0.15) is 0 Å². The number of hydrogen-bond acceptors (Lipinski definition) is 5. The molecule has 0 unspecified atom stereocenters. The second kappa shape index (κ2) is 8.47. The molecule has 10 heteroatoms. The molecule has 0 aliphatic heterocycles. The number of carbonyl (C=O) groups is 2. The summed E-state index contributed by atoms with van der Waals surface area (Å²) in [5.41, 5.74) is 0.454. The summed E-state index contributed by atoms with van der Waals surface area (Å²) in [6.07, 6.45) is 0. The molecule has 0 saturated carbocycles. The fourth-order valence-electron chi connectivity index (χ4n) is 2.04. The number of amides is 2. The minimum absolute atomic E-state index is 0.0181. The summed E-state index contributed by atoms with van der Waals surface area (Å²) in [6, 6.07) is 9.44. The molecule has 140 valence electrons. The molecule has 26 heavy (non-hydrogen) atoms. The highest BCUT2D eigenvalue weighted by Gasteiger charge is 2.21. The van der Waals surface area contributed by atoms with E-state index in [1.807, 2.05) is 0 Å². The summed E-state index contributed by atoms with van der Waals surface area (Å²) < 4.78 is 31.2. The summed E-state index contributed by atoms with van der Waals surface area (Å²) in [6.45, 7) is -0.246. The van der Waals surface area contributed by atoms with Gasteiger partial charge in [0.15, 0.2) is 10.4 Å². The van der Waals surface area contributed by atoms with Gasteiger partial charge in [0.1, 0.15) is 0 Å². The number of hydrogen-bond donors (Lipinski definition) is 2. The Morgan fingerprint density at radius 1 is 1.12 bits per heavy atom. The third kappa shape index (κ3) is 4.93. The maximum atomic E-state index is 12.3. The molecule has 2 rings (SSSR count). The van der Waals surface area contributed by atoms with Crippen LogP contribution in [0.3, 0.4) is 0 Å². The third-order valence-electron chi connectivity index (χ3n) is 3.41. The number of benzene rings is 1. The predicted molar refractivity (Wildman–Crippen MR) is 97.9 cm³/mol. The fourth-order valence-corrected chi connectivity index (χ4v) is 3.46. The Kier molecular flexibility index (Phi) is 6.57. The predicted octanol–water partition coefficient (Wildman–Crippen LogP) is 1.34. The fraction of sp³-hybridized carbons (Fsp3) is 0.250. The highest BCUT2D eigenvalue weighted by Crippen LogP contribution is 2.18. The number of halogens is 1. The number of carbonyl (C=O) groups excluding carboxylic acids is 2. The van der Waals surface area contributed by atoms with Gasteiger partial charge in [-0.3, -0.25) is 9.59 Å². The summed E-state index contributed by atoms with van der Waals surface area (Å²) in [4.78, 5) is 23.9. The Hall–Kier alpha value is -2.17. The SMILES string of the molecule is CN(C)S(=O)(=O)c1ccccc1CNC(=O)CNC(=O)c1ccc(Br)o1. The topological polar surface area (TPSA) is 109 Å². The largest absolute Gasteiger partial charge is 0.444 e. The van der Waals surface area contributed by atoms with Gasteiger partial charge in [-0.25, -0.2) is 12.7 Å². The average Bonchev–Trinajstić information content (AvgIpc) is 3.04. The molecule has 1 aromatic carbocycles. The van der Waals surface area contributed by atoms with Crippen LogP contribution in [0.4, 0.5) is 0 Å². The van der Waals surface area contributed by atoms with Crippen LogP contribution in [0.5, 0.6) is 0 Å². The van der Waals surface area contributed by atoms with Crippen molar-refractivity contribution in [3.63, 3.8) is 0 Å². The number of sulfonamides is 1. The summed E-state index contributed by atoms with van der Waals surface area (Å²) in [7, 11) is -0.744. The Bertz CT molecular complexity index is 908. The van der Waals surface area contributed by atoms with E-state index in [1.165, 1.54) is 26.2 Å². The Balaban J connectivity index is 1.95. The van der Waals surface area contributed by atoms with Crippen molar-refractivity contribution in [1.29, 1.82) is 0 Å². The molecule has 0 saturated heterocycles. The minimum atomic E-state index is -3.62. The standard InChI is InChI=1S/C16H18BrN3O5S/c1-20(2)26(23,24)13-6-4-3-5-11(13)9-18-15(21)10-19-16(22)12-7-8-14(17)25-12/h3-8H,9-10H2,1-2H3,(H,18,21)(H,19,22). The quantitative estimate of drug-likeness (QED) is 0.670. The van der Waals surface area contributed by atoms with E-state index in [0.29, 0.717) is 10.2 Å². The highest BCUT2D eigenvalue weighted by molar-refractivity contribution is 9.10. The van der Waals surface area contributed by atoms with E-state index in [2.05, 4.69) is 26.6 Å². The van der Waals surface area contributed by atoms with Crippen LogP contribution in [-0.2, 0) is 21.4 Å². The van der Waals surface area contributed by atoms with E-state index in [-0.39, 0.29) is 23.7 Å². The first-order chi connectivity index (χ1) is 12.2. The van der Waals surface area contributed by atoms with Crippen molar-refractivity contribution in [1.82, 2.24) is 14.9 Å². The highest BCUT2D eigenvalue weighted by atomic mass is 79.9. The third-order valence-corrected chi connectivity index (χ3v) is 5.76. The van der Waals surface area contributed by atoms with Gasteiger partial charge >= 0.3 is 0 Å². The smallest absolute Gasteiger partial charge is 0.287 e. The van der Waals surface area contributed by atoms with Crippen LogP contribution < -0.4 is 10.6 Å². The van der Waals surface area contributed by atoms with Gasteiger partial charge in [-0.05, 0) is 39.7 Å². The molecule has 2 N–H and O–H groups in total. The van der Waals surface area contributed by atoms with Crippen molar-refractivity contribution in [3.8, 4) is 0 Å². The zero-order valence-corrected chi connectivity index (χ0v) is 16.6. The molecule has 1 heterocycles. The molecule has 0 bridgehead atoms. The Morgan fingerprint density at radius 3 is 2.42 bits per heavy atom. The zero-order chi connectivity index (χ0) is 19.3. The van der Waals surface area contributed by atoms with E-state index in [0.717, 1.165) is 4.31 Å². The van der Waals surface area contributed by atoms with E-state index in [1.54, 1.807) is 24.3 Å². The van der Waals surface area contributed by atoms with Crippen molar-refractivity contribution >= 4 is 37.8 Å². The van der Waals surface area contributed by atoms with Crippen molar-refractivity contribution in [3.05, 3.63) is 52.4 Å². The van der Waals surface area contributed by atoms with Crippen LogP contribution >= 0.6 is 15.9 Å². The van der Waals surface area contributed by atoms with E-state index in [4.69, 9.17) is 4.42 Å². The molecule has 0 radical (unpaired) electrons. The van der Waals surface area contributed by atoms with Crippen LogP contribution in [-0.4, -0.2) is 45.2 Å². The van der Waals surface area contributed by atoms with Gasteiger partial charge in [0.25, 0.3) is 5.91 Å². The molecule has 0 fully saturated rings. The molecule has 8 nitrogen and oxygen atoms in total. The summed E-state index contributed by atoms with van der Waals surface area (Å²) in [5.74, 6) is -0.908. The lowest BCUT2D eigenvalue weighted by Crippen LogP contribution is -2.36. The first kappa shape index (κ1) is 20.1. The first-order valence-corrected chi connectivity index (χ1v) is 9.76. The number of furan rings is 1. The average molecular weight is 444 g/mol. The second-order valence-electron chi connectivity index (χ2n) is 5.46. The van der Waals surface area contributed by atoms with Crippen LogP contribution in [0.2, 0.25) is 0 Å². The van der Waals surface area contributed by atoms with E-state index in [9.17, 15) is 18.0 Å². The van der Waals surface area contributed by atoms with E-state index < -0.39 is 21.8 Å². The number of nitrogens with one attached hydrogen (secondary N) is 2. The van der Waals surface area contributed by atoms with Gasteiger partial charge in [0.2, 0.25) is 15.9 Å². The van der Waals surface area contributed by atoms with Crippen LogP contribution in [0.15, 0.2) is 50.4 Å². The summed E-state index contributed by atoms with van der Waals surface area (Å²) in [5, 5.41) is 5.01. The molecule has 2 amide bonds. The monoisotopic (exact) mass is 443 g/mol. The van der Waals surface area contributed by atoms with Crippen molar-refractivity contribution in [2.24, 2.45) is 0 Å².